The molecule has 102 valence electrons. The summed E-state index contributed by atoms with van der Waals surface area (Å²) in [5, 5.41) is 0. The molecule has 0 saturated carbocycles. The summed E-state index contributed by atoms with van der Waals surface area (Å²) in [5.74, 6) is 0.974. The normalized spacial score (nSPS) is 13.2. The van der Waals surface area contributed by atoms with Crippen molar-refractivity contribution in [1.29, 1.82) is 0 Å². The zero-order valence-corrected chi connectivity index (χ0v) is 10.3. The number of halogens is 3. The molecular weight excluding hydrogens is 247 g/mol. The molecule has 18 heavy (non-hydrogen) atoms. The van der Waals surface area contributed by atoms with Gasteiger partial charge in [-0.3, -0.25) is 0 Å². The van der Waals surface area contributed by atoms with Gasteiger partial charge in [0.05, 0.1) is 14.2 Å². The maximum absolute atomic E-state index is 12.1. The summed E-state index contributed by atoms with van der Waals surface area (Å²) in [7, 11) is 2.95. The molecule has 0 aliphatic heterocycles. The van der Waals surface area contributed by atoms with Gasteiger partial charge in [-0.05, 0) is 24.1 Å². The number of ether oxygens (including phenoxy) is 2. The van der Waals surface area contributed by atoms with E-state index in [-0.39, 0.29) is 6.42 Å². The zero-order valence-electron chi connectivity index (χ0n) is 10.3. The minimum Gasteiger partial charge on any atom is -0.493 e. The molecule has 0 unspecified atom stereocenters. The third kappa shape index (κ3) is 4.10. The Hall–Kier alpha value is -1.43. The Labute approximate surface area is 104 Å². The lowest BCUT2D eigenvalue weighted by Crippen LogP contribution is -2.15. The van der Waals surface area contributed by atoms with Gasteiger partial charge < -0.3 is 15.2 Å². The van der Waals surface area contributed by atoms with Crippen molar-refractivity contribution in [3.8, 4) is 11.5 Å². The van der Waals surface area contributed by atoms with Crippen molar-refractivity contribution in [2.24, 2.45) is 5.73 Å². The topological polar surface area (TPSA) is 44.5 Å². The van der Waals surface area contributed by atoms with Gasteiger partial charge in [0.1, 0.15) is 0 Å². The molecule has 0 heterocycles. The molecule has 0 aromatic heterocycles. The van der Waals surface area contributed by atoms with E-state index >= 15 is 0 Å². The Morgan fingerprint density at radius 3 is 2.28 bits per heavy atom. The highest BCUT2D eigenvalue weighted by Gasteiger charge is 2.28. The molecule has 2 N–H and O–H groups in total. The van der Waals surface area contributed by atoms with Crippen LogP contribution in [0, 0.1) is 0 Å². The summed E-state index contributed by atoms with van der Waals surface area (Å²) in [5.41, 5.74) is 6.32. The highest BCUT2D eigenvalue weighted by atomic mass is 19.4. The molecule has 0 fully saturated rings. The molecule has 0 aliphatic carbocycles. The van der Waals surface area contributed by atoms with Gasteiger partial charge in [-0.25, -0.2) is 0 Å². The van der Waals surface area contributed by atoms with Crippen LogP contribution in [0.2, 0.25) is 0 Å². The molecule has 1 atom stereocenters. The quantitative estimate of drug-likeness (QED) is 0.888. The van der Waals surface area contributed by atoms with E-state index in [2.05, 4.69) is 0 Å². The molecule has 1 rings (SSSR count). The molecular formula is C12H16F3NO2. The van der Waals surface area contributed by atoms with Gasteiger partial charge in [-0.2, -0.15) is 13.2 Å². The smallest absolute Gasteiger partial charge is 0.389 e. The molecule has 1 aromatic carbocycles. The minimum atomic E-state index is -4.19. The van der Waals surface area contributed by atoms with E-state index in [4.69, 9.17) is 15.2 Å². The Balaban J connectivity index is 2.77. The maximum atomic E-state index is 12.1. The Morgan fingerprint density at radius 2 is 1.78 bits per heavy atom. The van der Waals surface area contributed by atoms with Gasteiger partial charge >= 0.3 is 6.18 Å². The number of rotatable bonds is 5. The van der Waals surface area contributed by atoms with E-state index in [1.807, 2.05) is 0 Å². The fourth-order valence-corrected chi connectivity index (χ4v) is 1.57. The van der Waals surface area contributed by atoms with Crippen molar-refractivity contribution in [2.75, 3.05) is 14.2 Å². The summed E-state index contributed by atoms with van der Waals surface area (Å²) < 4.78 is 46.4. The number of hydrogen-bond donors (Lipinski definition) is 1. The number of nitrogens with two attached hydrogens (primary N) is 1. The van der Waals surface area contributed by atoms with Crippen molar-refractivity contribution in [3.05, 3.63) is 23.8 Å². The summed E-state index contributed by atoms with van der Waals surface area (Å²) in [6, 6.07) is 4.19. The van der Waals surface area contributed by atoms with Crippen molar-refractivity contribution in [2.45, 2.75) is 25.1 Å². The molecule has 0 saturated heterocycles. The largest absolute Gasteiger partial charge is 0.493 e. The number of methoxy groups -OCH3 is 2. The average molecular weight is 263 g/mol. The van der Waals surface area contributed by atoms with Gasteiger partial charge in [0.2, 0.25) is 0 Å². The summed E-state index contributed by atoms with van der Waals surface area (Å²) >= 11 is 0. The zero-order chi connectivity index (χ0) is 13.8. The fraction of sp³-hybridized carbons (Fsp3) is 0.500. The molecule has 6 heteroatoms. The van der Waals surface area contributed by atoms with Gasteiger partial charge in [0.15, 0.2) is 11.5 Å². The highest BCUT2D eigenvalue weighted by Crippen LogP contribution is 2.32. The van der Waals surface area contributed by atoms with Crippen LogP contribution in [0.4, 0.5) is 13.2 Å². The van der Waals surface area contributed by atoms with E-state index in [1.54, 1.807) is 18.2 Å². The van der Waals surface area contributed by atoms with Crippen molar-refractivity contribution in [1.82, 2.24) is 0 Å². The molecule has 0 amide bonds. The third-order valence-corrected chi connectivity index (χ3v) is 2.57. The number of alkyl halides is 3. The predicted octanol–water partition coefficient (Wildman–Crippen LogP) is 3.05. The average Bonchev–Trinajstić information content (AvgIpc) is 2.34. The Morgan fingerprint density at radius 1 is 1.17 bits per heavy atom. The van der Waals surface area contributed by atoms with Crippen LogP contribution in [0.5, 0.6) is 11.5 Å². The first-order valence-corrected chi connectivity index (χ1v) is 5.41. The maximum Gasteiger partial charge on any atom is 0.389 e. The summed E-state index contributed by atoms with van der Waals surface area (Å²) in [6.07, 6.45) is -5.24. The molecule has 3 nitrogen and oxygen atoms in total. The van der Waals surface area contributed by atoms with Gasteiger partial charge in [-0.1, -0.05) is 6.07 Å². The van der Waals surface area contributed by atoms with Crippen LogP contribution in [-0.4, -0.2) is 20.4 Å². The molecule has 0 bridgehead atoms. The first kappa shape index (κ1) is 14.6. The van der Waals surface area contributed by atoms with Crippen LogP contribution >= 0.6 is 0 Å². The van der Waals surface area contributed by atoms with Crippen molar-refractivity contribution < 1.29 is 22.6 Å². The van der Waals surface area contributed by atoms with E-state index in [0.717, 1.165) is 0 Å². The van der Waals surface area contributed by atoms with Crippen molar-refractivity contribution >= 4 is 0 Å². The lowest BCUT2D eigenvalue weighted by Gasteiger charge is -2.15. The Bertz CT molecular complexity index is 393. The second-order valence-corrected chi connectivity index (χ2v) is 3.87. The van der Waals surface area contributed by atoms with Crippen LogP contribution in [0.15, 0.2) is 18.2 Å². The van der Waals surface area contributed by atoms with E-state index in [1.165, 1.54) is 14.2 Å². The van der Waals surface area contributed by atoms with E-state index < -0.39 is 18.6 Å². The van der Waals surface area contributed by atoms with Crippen LogP contribution < -0.4 is 15.2 Å². The second-order valence-electron chi connectivity index (χ2n) is 3.87. The van der Waals surface area contributed by atoms with Crippen molar-refractivity contribution in [3.63, 3.8) is 0 Å². The predicted molar refractivity (Wildman–Crippen MR) is 61.8 cm³/mol. The highest BCUT2D eigenvalue weighted by molar-refractivity contribution is 5.43. The minimum absolute atomic E-state index is 0.154. The monoisotopic (exact) mass is 263 g/mol. The van der Waals surface area contributed by atoms with E-state index in [9.17, 15) is 13.2 Å². The standard InChI is InChI=1S/C12H16F3NO2/c1-17-10-4-3-8(7-11(10)18-2)9(16)5-6-12(13,14)15/h3-4,7,9H,5-6,16H2,1-2H3/t9-/m1/s1. The molecule has 0 aliphatic rings. The van der Waals surface area contributed by atoms with Crippen LogP contribution in [0.25, 0.3) is 0 Å². The fourth-order valence-electron chi connectivity index (χ4n) is 1.57. The number of benzene rings is 1. The number of hydrogen-bond acceptors (Lipinski definition) is 3. The van der Waals surface area contributed by atoms with Gasteiger partial charge in [0.25, 0.3) is 0 Å². The summed E-state index contributed by atoms with van der Waals surface area (Å²) in [4.78, 5) is 0. The van der Waals surface area contributed by atoms with Crippen LogP contribution in [0.1, 0.15) is 24.4 Å². The molecule has 1 aromatic rings. The lowest BCUT2D eigenvalue weighted by molar-refractivity contribution is -0.136. The van der Waals surface area contributed by atoms with Crippen LogP contribution in [0.3, 0.4) is 0 Å². The summed E-state index contributed by atoms with van der Waals surface area (Å²) in [6.45, 7) is 0. The first-order chi connectivity index (χ1) is 8.37. The molecule has 0 radical (unpaired) electrons. The Kier molecular flexibility index (Phi) is 4.84. The third-order valence-electron chi connectivity index (χ3n) is 2.57. The molecule has 0 spiro atoms. The van der Waals surface area contributed by atoms with Gasteiger partial charge in [0, 0.05) is 12.5 Å². The van der Waals surface area contributed by atoms with Gasteiger partial charge in [-0.15, -0.1) is 0 Å². The SMILES string of the molecule is COc1ccc([C@H](N)CCC(F)(F)F)cc1OC. The first-order valence-electron chi connectivity index (χ1n) is 5.41. The van der Waals surface area contributed by atoms with E-state index in [0.29, 0.717) is 17.1 Å². The van der Waals surface area contributed by atoms with Crippen LogP contribution in [-0.2, 0) is 0 Å². The lowest BCUT2D eigenvalue weighted by atomic mass is 10.0. The second kappa shape index (κ2) is 5.95.